The molecule has 248 valence electrons. The summed E-state index contributed by atoms with van der Waals surface area (Å²) in [6.07, 6.45) is 1.83. The van der Waals surface area contributed by atoms with Gasteiger partial charge in [0.2, 0.25) is 0 Å². The van der Waals surface area contributed by atoms with Crippen molar-refractivity contribution in [2.45, 2.75) is 0 Å². The first-order chi connectivity index (χ1) is 26.2. The molecule has 10 aromatic rings. The molecule has 0 N–H and O–H groups in total. The van der Waals surface area contributed by atoms with E-state index in [1.807, 2.05) is 53.9 Å². The van der Waals surface area contributed by atoms with E-state index in [9.17, 15) is 0 Å². The molecule has 3 nitrogen and oxygen atoms in total. The minimum Gasteiger partial charge on any atom is -0.256 e. The third kappa shape index (κ3) is 5.85. The highest BCUT2D eigenvalue weighted by Crippen LogP contribution is 2.42. The van der Waals surface area contributed by atoms with Crippen LogP contribution >= 0.6 is 11.3 Å². The third-order valence-electron chi connectivity index (χ3n) is 9.90. The molecule has 0 spiro atoms. The predicted octanol–water partition coefficient (Wildman–Crippen LogP) is 13.4. The van der Waals surface area contributed by atoms with Gasteiger partial charge in [0.25, 0.3) is 0 Å². The highest BCUT2D eigenvalue weighted by atomic mass is 32.1. The number of pyridine rings is 1. The van der Waals surface area contributed by atoms with E-state index in [0.717, 1.165) is 56.0 Å². The lowest BCUT2D eigenvalue weighted by Crippen LogP contribution is -1.97. The van der Waals surface area contributed by atoms with E-state index in [1.54, 1.807) is 0 Å². The summed E-state index contributed by atoms with van der Waals surface area (Å²) >= 11 is 1.86. The lowest BCUT2D eigenvalue weighted by molar-refractivity contribution is 1.18. The van der Waals surface area contributed by atoms with E-state index in [2.05, 4.69) is 151 Å². The van der Waals surface area contributed by atoms with Crippen molar-refractivity contribution in [3.8, 4) is 67.4 Å². The maximum absolute atomic E-state index is 5.28. The molecule has 0 atom stereocenters. The van der Waals surface area contributed by atoms with Gasteiger partial charge in [0, 0.05) is 48.6 Å². The van der Waals surface area contributed by atoms with Gasteiger partial charge in [0.05, 0.1) is 17.1 Å². The first kappa shape index (κ1) is 31.0. The average molecular weight is 694 g/mol. The zero-order chi connectivity index (χ0) is 35.1. The molecular weight excluding hydrogens is 663 g/mol. The molecule has 0 aliphatic carbocycles. The Bertz CT molecular complexity index is 2950. The second-order valence-corrected chi connectivity index (χ2v) is 14.3. The minimum absolute atomic E-state index is 0.686. The first-order valence-electron chi connectivity index (χ1n) is 17.8. The maximum Gasteiger partial charge on any atom is 0.160 e. The van der Waals surface area contributed by atoms with Crippen LogP contribution in [0.1, 0.15) is 0 Å². The van der Waals surface area contributed by atoms with Crippen molar-refractivity contribution in [3.63, 3.8) is 0 Å². The molecule has 3 aromatic heterocycles. The summed E-state index contributed by atoms with van der Waals surface area (Å²) in [6.45, 7) is 0. The van der Waals surface area contributed by atoms with Gasteiger partial charge in [-0.3, -0.25) is 4.98 Å². The average Bonchev–Trinajstić information content (AvgIpc) is 3.63. The Hall–Kier alpha value is -6.75. The van der Waals surface area contributed by atoms with Crippen LogP contribution in [0.4, 0.5) is 0 Å². The van der Waals surface area contributed by atoms with Crippen molar-refractivity contribution in [2.24, 2.45) is 0 Å². The molecule has 0 bridgehead atoms. The van der Waals surface area contributed by atoms with Crippen LogP contribution < -0.4 is 0 Å². The van der Waals surface area contributed by atoms with Gasteiger partial charge >= 0.3 is 0 Å². The lowest BCUT2D eigenvalue weighted by atomic mass is 9.93. The molecule has 10 rings (SSSR count). The van der Waals surface area contributed by atoms with Crippen LogP contribution in [-0.4, -0.2) is 15.0 Å². The molecule has 0 saturated heterocycles. The van der Waals surface area contributed by atoms with Crippen LogP contribution in [-0.2, 0) is 0 Å². The molecular formula is C49H31N3S. The van der Waals surface area contributed by atoms with Crippen LogP contribution in [0.2, 0.25) is 0 Å². The summed E-state index contributed by atoms with van der Waals surface area (Å²) in [7, 11) is 0. The molecule has 0 saturated carbocycles. The number of nitrogens with zero attached hydrogens (tertiary/aromatic N) is 3. The highest BCUT2D eigenvalue weighted by Gasteiger charge is 2.16. The second kappa shape index (κ2) is 13.1. The Morgan fingerprint density at radius 1 is 0.358 bits per heavy atom. The number of aromatic nitrogens is 3. The van der Waals surface area contributed by atoms with Crippen LogP contribution in [0.25, 0.3) is 98.4 Å². The SMILES string of the molecule is c1ccc(-c2nc(-c3cccc(-c4ccccn4)c3)cc(-c3cc(-c4ccc5ccccc5c4)cc(-c4cccc5c4sc4ccccc45)c3)n2)cc1. The van der Waals surface area contributed by atoms with Gasteiger partial charge in [-0.05, 0) is 87.6 Å². The zero-order valence-electron chi connectivity index (χ0n) is 28.6. The normalized spacial score (nSPS) is 11.4. The number of benzene rings is 7. The molecule has 0 unspecified atom stereocenters. The van der Waals surface area contributed by atoms with Gasteiger partial charge in [-0.15, -0.1) is 11.3 Å². The Kier molecular flexibility index (Phi) is 7.67. The van der Waals surface area contributed by atoms with Gasteiger partial charge in [0.1, 0.15) is 0 Å². The van der Waals surface area contributed by atoms with E-state index in [1.165, 1.54) is 36.5 Å². The van der Waals surface area contributed by atoms with Crippen molar-refractivity contribution in [3.05, 3.63) is 188 Å². The van der Waals surface area contributed by atoms with Gasteiger partial charge in [-0.1, -0.05) is 127 Å². The standard InChI is InChI=1S/C49H31N3S/c1-2-13-33(14-3-1)49-51-45(37-17-10-16-36(27-37)44-21-8-9-25-50-44)31-46(52-49)40-29-38(35-24-23-32-12-4-5-15-34(32)26-35)28-39(30-40)41-19-11-20-43-42-18-6-7-22-47(42)53-48(41)43/h1-31H. The predicted molar refractivity (Wildman–Crippen MR) is 223 cm³/mol. The van der Waals surface area contributed by atoms with Gasteiger partial charge in [0.15, 0.2) is 5.82 Å². The van der Waals surface area contributed by atoms with Crippen LogP contribution in [0.5, 0.6) is 0 Å². The molecule has 0 aliphatic heterocycles. The first-order valence-corrected chi connectivity index (χ1v) is 18.6. The number of fused-ring (bicyclic) bond motifs is 4. The van der Waals surface area contributed by atoms with Crippen LogP contribution in [0.15, 0.2) is 188 Å². The monoisotopic (exact) mass is 693 g/mol. The summed E-state index contributed by atoms with van der Waals surface area (Å²) in [6, 6.07) is 64.4. The van der Waals surface area contributed by atoms with E-state index >= 15 is 0 Å². The molecule has 0 radical (unpaired) electrons. The van der Waals surface area contributed by atoms with E-state index < -0.39 is 0 Å². The summed E-state index contributed by atoms with van der Waals surface area (Å²) < 4.78 is 2.58. The fourth-order valence-electron chi connectivity index (χ4n) is 7.27. The highest BCUT2D eigenvalue weighted by molar-refractivity contribution is 7.26. The van der Waals surface area contributed by atoms with Gasteiger partial charge < -0.3 is 0 Å². The van der Waals surface area contributed by atoms with Crippen LogP contribution in [0, 0.1) is 0 Å². The van der Waals surface area contributed by atoms with Crippen molar-refractivity contribution in [1.29, 1.82) is 0 Å². The van der Waals surface area contributed by atoms with Crippen LogP contribution in [0.3, 0.4) is 0 Å². The smallest absolute Gasteiger partial charge is 0.160 e. The van der Waals surface area contributed by atoms with Crippen molar-refractivity contribution >= 4 is 42.3 Å². The summed E-state index contributed by atoms with van der Waals surface area (Å²) in [5.41, 5.74) is 11.4. The zero-order valence-corrected chi connectivity index (χ0v) is 29.5. The molecule has 3 heterocycles. The summed E-state index contributed by atoms with van der Waals surface area (Å²) in [5, 5.41) is 5.01. The fraction of sp³-hybridized carbons (Fsp3) is 0. The maximum atomic E-state index is 5.28. The van der Waals surface area contributed by atoms with E-state index in [4.69, 9.17) is 9.97 Å². The Morgan fingerprint density at radius 3 is 1.89 bits per heavy atom. The topological polar surface area (TPSA) is 38.7 Å². The molecule has 0 amide bonds. The number of rotatable bonds is 6. The molecule has 4 heteroatoms. The number of hydrogen-bond acceptors (Lipinski definition) is 4. The largest absolute Gasteiger partial charge is 0.256 e. The Balaban J connectivity index is 1.21. The quantitative estimate of drug-likeness (QED) is 0.174. The summed E-state index contributed by atoms with van der Waals surface area (Å²) in [5.74, 6) is 0.686. The van der Waals surface area contributed by atoms with Gasteiger partial charge in [-0.25, -0.2) is 9.97 Å². The minimum atomic E-state index is 0.686. The second-order valence-electron chi connectivity index (χ2n) is 13.3. The number of thiophene rings is 1. The Morgan fingerprint density at radius 2 is 1.02 bits per heavy atom. The van der Waals surface area contributed by atoms with Crippen molar-refractivity contribution < 1.29 is 0 Å². The van der Waals surface area contributed by atoms with E-state index in [-0.39, 0.29) is 0 Å². The summed E-state index contributed by atoms with van der Waals surface area (Å²) in [4.78, 5) is 15.1. The van der Waals surface area contributed by atoms with Gasteiger partial charge in [-0.2, -0.15) is 0 Å². The molecule has 0 fully saturated rings. The molecule has 7 aromatic carbocycles. The molecule has 53 heavy (non-hydrogen) atoms. The Labute approximate surface area is 311 Å². The van der Waals surface area contributed by atoms with Crippen molar-refractivity contribution in [1.82, 2.24) is 15.0 Å². The number of hydrogen-bond donors (Lipinski definition) is 0. The van der Waals surface area contributed by atoms with Crippen molar-refractivity contribution in [2.75, 3.05) is 0 Å². The fourth-order valence-corrected chi connectivity index (χ4v) is 8.51. The third-order valence-corrected chi connectivity index (χ3v) is 11.1. The van der Waals surface area contributed by atoms with E-state index in [0.29, 0.717) is 5.82 Å². The lowest BCUT2D eigenvalue weighted by Gasteiger charge is -2.14. The molecule has 0 aliphatic rings.